The molecule has 0 N–H and O–H groups in total. The van der Waals surface area contributed by atoms with Crippen LogP contribution in [0.5, 0.6) is 0 Å². The lowest BCUT2D eigenvalue weighted by Gasteiger charge is -2.28. The lowest BCUT2D eigenvalue weighted by atomic mass is 10.0. The van der Waals surface area contributed by atoms with Gasteiger partial charge < -0.3 is 9.47 Å². The van der Waals surface area contributed by atoms with Gasteiger partial charge in [-0.05, 0) is 11.6 Å². The molecular weight excluding hydrogens is 236 g/mol. The summed E-state index contributed by atoms with van der Waals surface area (Å²) < 4.78 is 11.2. The summed E-state index contributed by atoms with van der Waals surface area (Å²) in [6, 6.07) is 20.0. The van der Waals surface area contributed by atoms with E-state index in [0.717, 1.165) is 11.1 Å². The van der Waals surface area contributed by atoms with Crippen LogP contribution in [-0.4, -0.2) is 14.2 Å². The van der Waals surface area contributed by atoms with Gasteiger partial charge in [0.2, 0.25) is 5.79 Å². The van der Waals surface area contributed by atoms with Crippen LogP contribution in [0.25, 0.3) is 6.08 Å². The second kappa shape index (κ2) is 6.32. The molecule has 0 atom stereocenters. The van der Waals surface area contributed by atoms with Gasteiger partial charge in [0.15, 0.2) is 0 Å². The highest BCUT2D eigenvalue weighted by Gasteiger charge is 2.28. The van der Waals surface area contributed by atoms with Crippen molar-refractivity contribution in [3.05, 3.63) is 77.9 Å². The van der Waals surface area contributed by atoms with E-state index in [2.05, 4.69) is 0 Å². The minimum Gasteiger partial charge on any atom is -0.346 e. The Hall–Kier alpha value is -1.90. The molecule has 2 aromatic rings. The fourth-order valence-electron chi connectivity index (χ4n) is 1.99. The fourth-order valence-corrected chi connectivity index (χ4v) is 1.99. The molecule has 2 rings (SSSR count). The highest BCUT2D eigenvalue weighted by atomic mass is 16.7. The highest BCUT2D eigenvalue weighted by Crippen LogP contribution is 2.28. The van der Waals surface area contributed by atoms with Gasteiger partial charge in [-0.2, -0.15) is 0 Å². The van der Waals surface area contributed by atoms with E-state index in [9.17, 15) is 0 Å². The average Bonchev–Trinajstić information content (AvgIpc) is 2.51. The molecule has 0 radical (unpaired) electrons. The number of ether oxygens (including phenoxy) is 2. The van der Waals surface area contributed by atoms with Crippen molar-refractivity contribution in [2.75, 3.05) is 14.2 Å². The van der Waals surface area contributed by atoms with Crippen LogP contribution in [-0.2, 0) is 15.3 Å². The molecule has 0 amide bonds. The molecule has 0 saturated heterocycles. The average molecular weight is 254 g/mol. The van der Waals surface area contributed by atoms with Crippen LogP contribution in [0.3, 0.4) is 0 Å². The van der Waals surface area contributed by atoms with E-state index in [0.29, 0.717) is 0 Å². The summed E-state index contributed by atoms with van der Waals surface area (Å²) in [6.45, 7) is 0. The minimum atomic E-state index is -0.850. The Morgan fingerprint density at radius 3 is 1.84 bits per heavy atom. The van der Waals surface area contributed by atoms with Crippen molar-refractivity contribution >= 4 is 6.08 Å². The second-order valence-electron chi connectivity index (χ2n) is 4.19. The zero-order valence-corrected chi connectivity index (χ0v) is 11.2. The van der Waals surface area contributed by atoms with E-state index in [1.54, 1.807) is 14.2 Å². The van der Waals surface area contributed by atoms with Crippen LogP contribution in [0.15, 0.2) is 66.7 Å². The zero-order valence-electron chi connectivity index (χ0n) is 11.2. The number of hydrogen-bond donors (Lipinski definition) is 0. The normalized spacial score (nSPS) is 11.9. The molecule has 0 fully saturated rings. The van der Waals surface area contributed by atoms with Crippen LogP contribution in [0, 0.1) is 0 Å². The topological polar surface area (TPSA) is 18.5 Å². The number of hydrogen-bond acceptors (Lipinski definition) is 2. The molecule has 0 aliphatic heterocycles. The third-order valence-corrected chi connectivity index (χ3v) is 3.08. The Kier molecular flexibility index (Phi) is 4.50. The molecule has 0 aliphatic carbocycles. The standard InChI is InChI=1S/C17H18O2/c1-18-17(19-2,16-11-7-4-8-12-16)14-13-15-9-5-3-6-10-15/h3-14H,1-2H3/b14-13+. The van der Waals surface area contributed by atoms with E-state index in [1.807, 2.05) is 72.8 Å². The molecule has 0 aromatic heterocycles. The highest BCUT2D eigenvalue weighted by molar-refractivity contribution is 5.50. The summed E-state index contributed by atoms with van der Waals surface area (Å²) in [4.78, 5) is 0. The Morgan fingerprint density at radius 1 is 0.789 bits per heavy atom. The van der Waals surface area contributed by atoms with Gasteiger partial charge in [-0.15, -0.1) is 0 Å². The van der Waals surface area contributed by atoms with E-state index in [-0.39, 0.29) is 0 Å². The fraction of sp³-hybridized carbons (Fsp3) is 0.176. The lowest BCUT2D eigenvalue weighted by Crippen LogP contribution is -2.28. The predicted molar refractivity (Wildman–Crippen MR) is 77.6 cm³/mol. The summed E-state index contributed by atoms with van der Waals surface area (Å²) in [5.41, 5.74) is 2.07. The van der Waals surface area contributed by atoms with E-state index in [1.165, 1.54) is 0 Å². The van der Waals surface area contributed by atoms with Gasteiger partial charge in [-0.25, -0.2) is 0 Å². The lowest BCUT2D eigenvalue weighted by molar-refractivity contribution is -0.177. The van der Waals surface area contributed by atoms with Crippen LogP contribution in [0.2, 0.25) is 0 Å². The first-order valence-corrected chi connectivity index (χ1v) is 6.21. The molecule has 0 saturated carbocycles. The van der Waals surface area contributed by atoms with Crippen molar-refractivity contribution in [2.45, 2.75) is 5.79 Å². The van der Waals surface area contributed by atoms with Gasteiger partial charge in [0.25, 0.3) is 0 Å². The molecule has 0 heterocycles. The van der Waals surface area contributed by atoms with Crippen LogP contribution in [0.1, 0.15) is 11.1 Å². The molecular formula is C17H18O2. The van der Waals surface area contributed by atoms with Gasteiger partial charge in [0.1, 0.15) is 0 Å². The number of rotatable bonds is 5. The van der Waals surface area contributed by atoms with Gasteiger partial charge in [0.05, 0.1) is 0 Å². The van der Waals surface area contributed by atoms with E-state index in [4.69, 9.17) is 9.47 Å². The van der Waals surface area contributed by atoms with Crippen LogP contribution < -0.4 is 0 Å². The Morgan fingerprint density at radius 2 is 1.32 bits per heavy atom. The van der Waals surface area contributed by atoms with Crippen molar-refractivity contribution in [2.24, 2.45) is 0 Å². The first-order chi connectivity index (χ1) is 9.30. The molecule has 2 heteroatoms. The Bertz CT molecular complexity index is 513. The minimum absolute atomic E-state index is 0.850. The van der Waals surface area contributed by atoms with Crippen molar-refractivity contribution in [1.29, 1.82) is 0 Å². The van der Waals surface area contributed by atoms with Crippen LogP contribution >= 0.6 is 0 Å². The third kappa shape index (κ3) is 3.11. The molecule has 0 spiro atoms. The molecule has 98 valence electrons. The first-order valence-electron chi connectivity index (χ1n) is 6.21. The maximum atomic E-state index is 5.59. The van der Waals surface area contributed by atoms with Crippen molar-refractivity contribution in [3.63, 3.8) is 0 Å². The van der Waals surface area contributed by atoms with Crippen molar-refractivity contribution in [1.82, 2.24) is 0 Å². The largest absolute Gasteiger partial charge is 0.346 e. The predicted octanol–water partition coefficient (Wildman–Crippen LogP) is 3.85. The maximum Gasteiger partial charge on any atom is 0.214 e. The molecule has 0 bridgehead atoms. The van der Waals surface area contributed by atoms with Crippen molar-refractivity contribution < 1.29 is 9.47 Å². The molecule has 0 aliphatic rings. The van der Waals surface area contributed by atoms with Crippen LogP contribution in [0.4, 0.5) is 0 Å². The molecule has 2 nitrogen and oxygen atoms in total. The third-order valence-electron chi connectivity index (χ3n) is 3.08. The first kappa shape index (κ1) is 13.5. The smallest absolute Gasteiger partial charge is 0.214 e. The maximum absolute atomic E-state index is 5.59. The molecule has 19 heavy (non-hydrogen) atoms. The zero-order chi connectivity index (χ0) is 13.6. The van der Waals surface area contributed by atoms with Crippen molar-refractivity contribution in [3.8, 4) is 0 Å². The van der Waals surface area contributed by atoms with E-state index >= 15 is 0 Å². The SMILES string of the molecule is COC(/C=C/c1ccccc1)(OC)c1ccccc1. The number of methoxy groups -OCH3 is 2. The Balaban J connectivity index is 2.33. The summed E-state index contributed by atoms with van der Waals surface area (Å²) in [5.74, 6) is -0.850. The summed E-state index contributed by atoms with van der Waals surface area (Å²) in [7, 11) is 3.29. The summed E-state index contributed by atoms with van der Waals surface area (Å²) in [6.07, 6.45) is 3.93. The molecule has 2 aromatic carbocycles. The van der Waals surface area contributed by atoms with Gasteiger partial charge in [-0.1, -0.05) is 66.7 Å². The summed E-state index contributed by atoms with van der Waals surface area (Å²) >= 11 is 0. The van der Waals surface area contributed by atoms with E-state index < -0.39 is 5.79 Å². The van der Waals surface area contributed by atoms with Gasteiger partial charge in [-0.3, -0.25) is 0 Å². The number of benzene rings is 2. The summed E-state index contributed by atoms with van der Waals surface area (Å²) in [5, 5.41) is 0. The Labute approximate surface area is 114 Å². The monoisotopic (exact) mass is 254 g/mol. The molecule has 0 unspecified atom stereocenters. The van der Waals surface area contributed by atoms with Gasteiger partial charge >= 0.3 is 0 Å². The van der Waals surface area contributed by atoms with Gasteiger partial charge in [0, 0.05) is 19.8 Å². The second-order valence-corrected chi connectivity index (χ2v) is 4.19. The quantitative estimate of drug-likeness (QED) is 0.755.